The quantitative estimate of drug-likeness (QED) is 0.687. The van der Waals surface area contributed by atoms with Gasteiger partial charge in [0.1, 0.15) is 11.8 Å². The van der Waals surface area contributed by atoms with Gasteiger partial charge in [-0.05, 0) is 46.9 Å². The van der Waals surface area contributed by atoms with Crippen LogP contribution in [0.4, 0.5) is 0 Å². The van der Waals surface area contributed by atoms with Crippen LogP contribution in [0.2, 0.25) is 0 Å². The van der Waals surface area contributed by atoms with Crippen LogP contribution in [0.25, 0.3) is 10.9 Å². The van der Waals surface area contributed by atoms with Crippen molar-refractivity contribution in [2.24, 2.45) is 0 Å². The highest BCUT2D eigenvalue weighted by Crippen LogP contribution is 2.34. The number of rotatable bonds is 5. The molecule has 0 radical (unpaired) electrons. The summed E-state index contributed by atoms with van der Waals surface area (Å²) in [6.45, 7) is 2.71. The molecular weight excluding hydrogens is 384 g/mol. The number of hydrogen-bond donors (Lipinski definition) is 1. The number of benzene rings is 1. The Morgan fingerprint density at radius 1 is 1.20 bits per heavy atom. The van der Waals surface area contributed by atoms with Crippen molar-refractivity contribution < 1.29 is 9.47 Å². The maximum atomic E-state index is 13.2. The molecule has 0 spiro atoms. The number of aromatic amines is 1. The zero-order chi connectivity index (χ0) is 20.5. The van der Waals surface area contributed by atoms with Crippen LogP contribution in [-0.4, -0.2) is 63.5 Å². The topological polar surface area (TPSA) is 98.2 Å². The molecule has 0 bridgehead atoms. The third kappa shape index (κ3) is 3.48. The zero-order valence-electron chi connectivity index (χ0n) is 17.1. The lowest BCUT2D eigenvalue weighted by molar-refractivity contribution is 0.0211. The second-order valence-corrected chi connectivity index (χ2v) is 7.98. The predicted octanol–water partition coefficient (Wildman–Crippen LogP) is 2.06. The van der Waals surface area contributed by atoms with Gasteiger partial charge in [0, 0.05) is 24.7 Å². The van der Waals surface area contributed by atoms with Gasteiger partial charge in [-0.3, -0.25) is 9.69 Å². The van der Waals surface area contributed by atoms with Crippen LogP contribution >= 0.6 is 0 Å². The Morgan fingerprint density at radius 3 is 2.77 bits per heavy atom. The first kappa shape index (κ1) is 19.2. The van der Waals surface area contributed by atoms with Crippen LogP contribution < -0.4 is 10.3 Å². The lowest BCUT2D eigenvalue weighted by Crippen LogP contribution is -2.42. The molecule has 0 amide bonds. The van der Waals surface area contributed by atoms with Crippen molar-refractivity contribution >= 4 is 10.9 Å². The lowest BCUT2D eigenvalue weighted by Gasteiger charge is -2.34. The van der Waals surface area contributed by atoms with Crippen LogP contribution in [0.3, 0.4) is 0 Å². The van der Waals surface area contributed by atoms with Gasteiger partial charge in [0.15, 0.2) is 5.82 Å². The highest BCUT2D eigenvalue weighted by Gasteiger charge is 2.33. The van der Waals surface area contributed by atoms with E-state index in [1.165, 1.54) is 12.8 Å². The Labute approximate surface area is 174 Å². The van der Waals surface area contributed by atoms with Crippen molar-refractivity contribution in [2.75, 3.05) is 33.4 Å². The standard InChI is InChI=1S/C21H26N6O3/c1-29-16-7-6-14-12-17(21(28)22-18(14)13-16)19(26-8-10-30-11-9-26)20-23-24-25-27(20)15-4-2-3-5-15/h6-7,12-13,15,19H,2-5,8-11H2,1H3,(H,22,28)/t19-/m1/s1. The van der Waals surface area contributed by atoms with E-state index in [1.54, 1.807) is 7.11 Å². The fourth-order valence-corrected chi connectivity index (χ4v) is 4.65. The monoisotopic (exact) mass is 410 g/mol. The van der Waals surface area contributed by atoms with Crippen LogP contribution in [0.5, 0.6) is 5.75 Å². The number of hydrogen-bond acceptors (Lipinski definition) is 7. The van der Waals surface area contributed by atoms with E-state index >= 15 is 0 Å². The Hall–Kier alpha value is -2.78. The van der Waals surface area contributed by atoms with E-state index in [0.717, 1.165) is 42.7 Å². The van der Waals surface area contributed by atoms with Gasteiger partial charge in [-0.2, -0.15) is 0 Å². The normalized spacial score (nSPS) is 19.4. The highest BCUT2D eigenvalue weighted by atomic mass is 16.5. The van der Waals surface area contributed by atoms with Gasteiger partial charge in [-0.15, -0.1) is 5.10 Å². The minimum absolute atomic E-state index is 0.131. The van der Waals surface area contributed by atoms with E-state index in [0.29, 0.717) is 30.6 Å². The molecule has 5 rings (SSSR count). The molecule has 2 fully saturated rings. The molecule has 1 N–H and O–H groups in total. The molecule has 1 saturated carbocycles. The van der Waals surface area contributed by atoms with Crippen molar-refractivity contribution in [3.05, 3.63) is 46.0 Å². The van der Waals surface area contributed by atoms with Crippen LogP contribution in [0.1, 0.15) is 49.2 Å². The predicted molar refractivity (Wildman–Crippen MR) is 111 cm³/mol. The molecule has 1 atom stereocenters. The average Bonchev–Trinajstić information content (AvgIpc) is 3.47. The molecule has 1 aromatic carbocycles. The summed E-state index contributed by atoms with van der Waals surface area (Å²) in [6, 6.07) is 7.64. The van der Waals surface area contributed by atoms with Crippen molar-refractivity contribution in [1.29, 1.82) is 0 Å². The van der Waals surface area contributed by atoms with Crippen LogP contribution in [0, 0.1) is 0 Å². The van der Waals surface area contributed by atoms with Crippen LogP contribution in [0.15, 0.2) is 29.1 Å². The highest BCUT2D eigenvalue weighted by molar-refractivity contribution is 5.80. The van der Waals surface area contributed by atoms with E-state index in [2.05, 4.69) is 25.4 Å². The molecule has 158 valence electrons. The van der Waals surface area contributed by atoms with E-state index in [1.807, 2.05) is 28.9 Å². The summed E-state index contributed by atoms with van der Waals surface area (Å²) in [4.78, 5) is 18.5. The molecule has 1 saturated heterocycles. The first-order chi connectivity index (χ1) is 14.7. The van der Waals surface area contributed by atoms with Gasteiger partial charge in [-0.1, -0.05) is 12.8 Å². The van der Waals surface area contributed by atoms with Gasteiger partial charge < -0.3 is 14.5 Å². The number of tetrazole rings is 1. The van der Waals surface area contributed by atoms with Crippen molar-refractivity contribution in [3.8, 4) is 5.75 Å². The zero-order valence-corrected chi connectivity index (χ0v) is 17.1. The maximum absolute atomic E-state index is 13.2. The van der Waals surface area contributed by atoms with E-state index in [-0.39, 0.29) is 11.6 Å². The number of pyridine rings is 1. The summed E-state index contributed by atoms with van der Waals surface area (Å²) < 4.78 is 12.8. The molecule has 2 aromatic heterocycles. The molecule has 2 aliphatic rings. The summed E-state index contributed by atoms with van der Waals surface area (Å²) >= 11 is 0. The summed E-state index contributed by atoms with van der Waals surface area (Å²) in [5.74, 6) is 1.45. The number of fused-ring (bicyclic) bond motifs is 1. The lowest BCUT2D eigenvalue weighted by atomic mass is 10.0. The number of methoxy groups -OCH3 is 1. The third-order valence-electron chi connectivity index (χ3n) is 6.22. The maximum Gasteiger partial charge on any atom is 0.253 e. The fourth-order valence-electron chi connectivity index (χ4n) is 4.65. The largest absolute Gasteiger partial charge is 0.497 e. The van der Waals surface area contributed by atoms with Gasteiger partial charge in [-0.25, -0.2) is 4.68 Å². The molecular formula is C21H26N6O3. The first-order valence-electron chi connectivity index (χ1n) is 10.5. The minimum Gasteiger partial charge on any atom is -0.497 e. The number of ether oxygens (including phenoxy) is 2. The molecule has 3 aromatic rings. The van der Waals surface area contributed by atoms with Gasteiger partial charge >= 0.3 is 0 Å². The smallest absolute Gasteiger partial charge is 0.253 e. The Balaban J connectivity index is 1.63. The van der Waals surface area contributed by atoms with Crippen LogP contribution in [-0.2, 0) is 4.74 Å². The average molecular weight is 410 g/mol. The molecule has 9 nitrogen and oxygen atoms in total. The molecule has 1 aliphatic heterocycles. The van der Waals surface area contributed by atoms with Gasteiger partial charge in [0.2, 0.25) is 0 Å². The van der Waals surface area contributed by atoms with E-state index < -0.39 is 0 Å². The SMILES string of the molecule is COc1ccc2cc([C@H](c3nnnn3C3CCCC3)N3CCOCC3)c(=O)[nH]c2c1. The first-order valence-corrected chi connectivity index (χ1v) is 10.5. The molecule has 0 unspecified atom stereocenters. The van der Waals surface area contributed by atoms with Gasteiger partial charge in [0.05, 0.1) is 31.9 Å². The van der Waals surface area contributed by atoms with E-state index in [9.17, 15) is 4.79 Å². The summed E-state index contributed by atoms with van der Waals surface area (Å²) in [6.07, 6.45) is 4.51. The van der Waals surface area contributed by atoms with E-state index in [4.69, 9.17) is 9.47 Å². The van der Waals surface area contributed by atoms with Crippen molar-refractivity contribution in [2.45, 2.75) is 37.8 Å². The number of nitrogens with zero attached hydrogens (tertiary/aromatic N) is 5. The van der Waals surface area contributed by atoms with Crippen molar-refractivity contribution in [1.82, 2.24) is 30.1 Å². The number of nitrogens with one attached hydrogen (secondary N) is 1. The summed E-state index contributed by atoms with van der Waals surface area (Å²) in [5.41, 5.74) is 1.27. The number of aromatic nitrogens is 5. The third-order valence-corrected chi connectivity index (χ3v) is 6.22. The Bertz CT molecular complexity index is 1080. The Morgan fingerprint density at radius 2 is 2.00 bits per heavy atom. The molecule has 9 heteroatoms. The second kappa shape index (κ2) is 8.16. The Kier molecular flexibility index (Phi) is 5.22. The summed E-state index contributed by atoms with van der Waals surface area (Å²) in [7, 11) is 1.62. The minimum atomic E-state index is -0.320. The number of H-pyrrole nitrogens is 1. The summed E-state index contributed by atoms with van der Waals surface area (Å²) in [5, 5.41) is 13.7. The molecule has 1 aliphatic carbocycles. The van der Waals surface area contributed by atoms with Gasteiger partial charge in [0.25, 0.3) is 5.56 Å². The van der Waals surface area contributed by atoms with Crippen molar-refractivity contribution in [3.63, 3.8) is 0 Å². The molecule has 30 heavy (non-hydrogen) atoms. The fraction of sp³-hybridized carbons (Fsp3) is 0.524. The molecule has 3 heterocycles. The second-order valence-electron chi connectivity index (χ2n) is 7.98. The number of morpholine rings is 1.